The molecule has 6 rings (SSSR count). The molecule has 2 fully saturated rings. The third-order valence-corrected chi connectivity index (χ3v) is 7.92. The van der Waals surface area contributed by atoms with E-state index in [1.54, 1.807) is 30.0 Å². The number of amides is 1. The summed E-state index contributed by atoms with van der Waals surface area (Å²) in [5.41, 5.74) is -0.598. The molecule has 0 radical (unpaired) electrons. The van der Waals surface area contributed by atoms with E-state index in [0.717, 1.165) is 9.13 Å². The average molecular weight is 596 g/mol. The number of Topliss-reactive ketones (excluding diaryl/α,β-unsaturated/α-hetero) is 1. The van der Waals surface area contributed by atoms with Crippen LogP contribution in [0.4, 0.5) is 20.4 Å². The van der Waals surface area contributed by atoms with E-state index in [1.165, 1.54) is 37.4 Å². The molecule has 0 aromatic carbocycles. The quantitative estimate of drug-likeness (QED) is 0.294. The lowest BCUT2D eigenvalue weighted by molar-refractivity contribution is -0.123. The van der Waals surface area contributed by atoms with Gasteiger partial charge in [-0.15, -0.1) is 0 Å². The molecule has 1 aliphatic heterocycles. The van der Waals surface area contributed by atoms with Crippen LogP contribution < -0.4 is 21.5 Å². The molecule has 1 N–H and O–H groups in total. The number of carbonyl (C=O) groups is 2. The minimum Gasteiger partial charge on any atom is -0.377 e. The van der Waals surface area contributed by atoms with Crippen LogP contribution in [0.2, 0.25) is 0 Å². The van der Waals surface area contributed by atoms with Gasteiger partial charge in [0.1, 0.15) is 30.0 Å². The number of halogens is 2. The smallest absolute Gasteiger partial charge is 0.332 e. The molecular weight excluding hydrogens is 568 g/mol. The van der Waals surface area contributed by atoms with Gasteiger partial charge in [-0.2, -0.15) is 0 Å². The van der Waals surface area contributed by atoms with Gasteiger partial charge in [0.25, 0.3) is 11.5 Å². The number of ketones is 1. The van der Waals surface area contributed by atoms with Crippen molar-refractivity contribution < 1.29 is 23.1 Å². The van der Waals surface area contributed by atoms with E-state index in [-0.39, 0.29) is 36.7 Å². The van der Waals surface area contributed by atoms with Crippen LogP contribution >= 0.6 is 0 Å². The summed E-state index contributed by atoms with van der Waals surface area (Å²) < 4.78 is 35.1. The Morgan fingerprint density at radius 2 is 1.86 bits per heavy atom. The highest BCUT2D eigenvalue weighted by Crippen LogP contribution is 2.59. The molecule has 2 aliphatic rings. The number of imidazole rings is 1. The first-order valence-electron chi connectivity index (χ1n) is 13.4. The summed E-state index contributed by atoms with van der Waals surface area (Å²) in [5, 5.41) is 2.71. The first-order valence-corrected chi connectivity index (χ1v) is 13.4. The van der Waals surface area contributed by atoms with Gasteiger partial charge < -0.3 is 19.5 Å². The Labute approximate surface area is 242 Å². The lowest BCUT2D eigenvalue weighted by Crippen LogP contribution is -2.42. The summed E-state index contributed by atoms with van der Waals surface area (Å²) in [6, 6.07) is 3.98. The number of methoxy groups -OCH3 is 1. The molecule has 4 aromatic rings. The first-order chi connectivity index (χ1) is 20.5. The number of piperidine rings is 1. The third kappa shape index (κ3) is 4.86. The first kappa shape index (κ1) is 28.3. The van der Waals surface area contributed by atoms with E-state index in [1.807, 2.05) is 0 Å². The van der Waals surface area contributed by atoms with Crippen molar-refractivity contribution in [1.29, 1.82) is 0 Å². The Morgan fingerprint density at radius 3 is 2.53 bits per heavy atom. The number of aryl methyl sites for hydroxylation is 1. The van der Waals surface area contributed by atoms with Crippen LogP contribution in [0.25, 0.3) is 22.6 Å². The van der Waals surface area contributed by atoms with E-state index in [9.17, 15) is 28.0 Å². The number of nitrogens with zero attached hydrogens (tertiary/aromatic N) is 8. The number of ether oxygens (including phenoxy) is 1. The Morgan fingerprint density at radius 1 is 1.12 bits per heavy atom. The van der Waals surface area contributed by atoms with Crippen molar-refractivity contribution in [2.45, 2.75) is 25.4 Å². The summed E-state index contributed by atoms with van der Waals surface area (Å²) >= 11 is 0. The van der Waals surface area contributed by atoms with Crippen LogP contribution in [-0.2, 0) is 27.9 Å². The van der Waals surface area contributed by atoms with Crippen LogP contribution in [-0.4, -0.2) is 78.1 Å². The zero-order valence-corrected chi connectivity index (χ0v) is 23.4. The summed E-state index contributed by atoms with van der Waals surface area (Å²) in [6.45, 7) is 1.27. The Balaban J connectivity index is 1.19. The number of aromatic nitrogens is 7. The van der Waals surface area contributed by atoms with Gasteiger partial charge in [0.2, 0.25) is 5.91 Å². The third-order valence-electron chi connectivity index (χ3n) is 7.92. The van der Waals surface area contributed by atoms with Gasteiger partial charge in [0.05, 0.1) is 42.8 Å². The normalized spacial score (nSPS) is 19.3. The molecule has 1 saturated carbocycles. The standard InChI is InChI=1S/C27H27F2N9O5/c1-14(38-13-32-23-22(38)25(41)37(26(42)35(23)2)9-15(39)12-43-3)24(40)34-20-6-4-5-18(33-20)19-7-31-21(8-30-19)36-10-16-17(11-36)27(16,28)29/h4-8,13-14,16-17H,9-12H2,1-3H3,(H,33,34,40)/t14-,16?,17?/m0/s1. The number of nitrogens with one attached hydrogen (secondary N) is 1. The molecule has 224 valence electrons. The van der Waals surface area contributed by atoms with Gasteiger partial charge in [-0.25, -0.2) is 33.5 Å². The summed E-state index contributed by atoms with van der Waals surface area (Å²) in [7, 11) is 2.75. The minimum absolute atomic E-state index is 0.0222. The Bertz CT molecular complexity index is 1850. The number of anilines is 2. The lowest BCUT2D eigenvalue weighted by Gasteiger charge is -2.20. The van der Waals surface area contributed by atoms with Gasteiger partial charge in [0, 0.05) is 27.2 Å². The van der Waals surface area contributed by atoms with Gasteiger partial charge in [-0.1, -0.05) is 6.07 Å². The van der Waals surface area contributed by atoms with E-state index in [0.29, 0.717) is 17.2 Å². The maximum Gasteiger partial charge on any atom is 0.332 e. The Kier molecular flexibility index (Phi) is 6.87. The molecule has 14 nitrogen and oxygen atoms in total. The van der Waals surface area contributed by atoms with E-state index >= 15 is 0 Å². The van der Waals surface area contributed by atoms with Crippen molar-refractivity contribution in [2.24, 2.45) is 18.9 Å². The molecule has 0 bridgehead atoms. The minimum atomic E-state index is -2.58. The number of alkyl halides is 2. The van der Waals surface area contributed by atoms with Crippen LogP contribution in [0.15, 0.2) is 46.5 Å². The molecule has 1 aliphatic carbocycles. The molecule has 1 amide bonds. The van der Waals surface area contributed by atoms with Crippen LogP contribution in [0.5, 0.6) is 0 Å². The fourth-order valence-corrected chi connectivity index (χ4v) is 5.42. The lowest BCUT2D eigenvalue weighted by atomic mass is 10.2. The van der Waals surface area contributed by atoms with Crippen molar-refractivity contribution in [3.8, 4) is 11.4 Å². The number of pyridine rings is 1. The second-order valence-corrected chi connectivity index (χ2v) is 10.7. The SMILES string of the molecule is COCC(=O)Cn1c(=O)c2c(ncn2[C@@H](C)C(=O)Nc2cccc(-c3cnc(N4CC5C(C4)C5(F)F)cn3)n2)n(C)c1=O. The number of fused-ring (bicyclic) bond motifs is 2. The van der Waals surface area contributed by atoms with Gasteiger partial charge in [-0.05, 0) is 19.1 Å². The topological polar surface area (TPSA) is 159 Å². The van der Waals surface area contributed by atoms with Gasteiger partial charge in [0.15, 0.2) is 16.9 Å². The highest BCUT2D eigenvalue weighted by atomic mass is 19.3. The van der Waals surface area contributed by atoms with Crippen molar-refractivity contribution >= 4 is 34.5 Å². The van der Waals surface area contributed by atoms with Gasteiger partial charge >= 0.3 is 5.69 Å². The highest BCUT2D eigenvalue weighted by molar-refractivity contribution is 5.93. The van der Waals surface area contributed by atoms with Gasteiger partial charge in [-0.3, -0.25) is 23.5 Å². The van der Waals surface area contributed by atoms with E-state index < -0.39 is 53.3 Å². The molecule has 0 spiro atoms. The van der Waals surface area contributed by atoms with E-state index in [2.05, 4.69) is 25.3 Å². The number of rotatable bonds is 9. The van der Waals surface area contributed by atoms with Crippen molar-refractivity contribution in [2.75, 3.05) is 37.0 Å². The van der Waals surface area contributed by atoms with Crippen LogP contribution in [0.3, 0.4) is 0 Å². The fourth-order valence-electron chi connectivity index (χ4n) is 5.42. The molecule has 3 atom stereocenters. The van der Waals surface area contributed by atoms with E-state index in [4.69, 9.17) is 4.74 Å². The molecule has 16 heteroatoms. The average Bonchev–Trinajstić information content (AvgIpc) is 3.41. The molecule has 4 aromatic heterocycles. The summed E-state index contributed by atoms with van der Waals surface area (Å²) in [4.78, 5) is 70.5. The molecular formula is C27H27F2N9O5. The predicted octanol–water partition coefficient (Wildman–Crippen LogP) is 0.865. The van der Waals surface area contributed by atoms with Crippen molar-refractivity contribution in [3.05, 3.63) is 57.8 Å². The number of carbonyl (C=O) groups excluding carboxylic acids is 2. The van der Waals surface area contributed by atoms with Crippen molar-refractivity contribution in [1.82, 2.24) is 33.6 Å². The monoisotopic (exact) mass is 595 g/mol. The van der Waals surface area contributed by atoms with Crippen molar-refractivity contribution in [3.63, 3.8) is 0 Å². The zero-order valence-electron chi connectivity index (χ0n) is 23.4. The predicted molar refractivity (Wildman–Crippen MR) is 149 cm³/mol. The van der Waals surface area contributed by atoms with Crippen LogP contribution in [0, 0.1) is 11.8 Å². The largest absolute Gasteiger partial charge is 0.377 e. The maximum atomic E-state index is 13.5. The highest BCUT2D eigenvalue weighted by Gasteiger charge is 2.71. The second kappa shape index (κ2) is 10.4. The molecule has 43 heavy (non-hydrogen) atoms. The molecule has 2 unspecified atom stereocenters. The van der Waals surface area contributed by atoms with Crippen LogP contribution in [0.1, 0.15) is 13.0 Å². The summed E-state index contributed by atoms with van der Waals surface area (Å²) in [6.07, 6.45) is 4.29. The Hall–Kier alpha value is -4.86. The maximum absolute atomic E-state index is 13.5. The number of hydrogen-bond acceptors (Lipinski definition) is 10. The molecule has 1 saturated heterocycles. The molecule has 5 heterocycles. The summed E-state index contributed by atoms with van der Waals surface area (Å²) in [5.74, 6) is -4.11. The zero-order chi connectivity index (χ0) is 30.6. The fraction of sp³-hybridized carbons (Fsp3) is 0.407. The number of hydrogen-bond donors (Lipinski definition) is 1. The second-order valence-electron chi connectivity index (χ2n) is 10.7.